The number of guanidine groups is 1. The van der Waals surface area contributed by atoms with Crippen LogP contribution in [0.25, 0.3) is 0 Å². The molecule has 0 amide bonds. The van der Waals surface area contributed by atoms with Gasteiger partial charge in [0.2, 0.25) is 0 Å². The van der Waals surface area contributed by atoms with Gasteiger partial charge in [-0.15, -0.1) is 35.3 Å². The van der Waals surface area contributed by atoms with Crippen LogP contribution in [-0.2, 0) is 12.8 Å². The van der Waals surface area contributed by atoms with Crippen molar-refractivity contribution < 1.29 is 4.74 Å². The Morgan fingerprint density at radius 2 is 2.15 bits per heavy atom. The number of aromatic nitrogens is 1. The third kappa shape index (κ3) is 6.42. The molecule has 0 bridgehead atoms. The molecular formula is C19H29IN4OS. The molecule has 0 fully saturated rings. The highest BCUT2D eigenvalue weighted by Gasteiger charge is 2.13. The lowest BCUT2D eigenvalue weighted by atomic mass is 10.0. The highest BCUT2D eigenvalue weighted by Crippen LogP contribution is 2.25. The van der Waals surface area contributed by atoms with Gasteiger partial charge in [0.1, 0.15) is 5.75 Å². The van der Waals surface area contributed by atoms with Crippen LogP contribution in [0, 0.1) is 6.92 Å². The van der Waals surface area contributed by atoms with Gasteiger partial charge >= 0.3 is 0 Å². The third-order valence-corrected chi connectivity index (χ3v) is 5.21. The fourth-order valence-electron chi connectivity index (χ4n) is 2.58. The molecular weight excluding hydrogens is 459 g/mol. The molecule has 1 aromatic heterocycles. The quantitative estimate of drug-likeness (QED) is 0.350. The van der Waals surface area contributed by atoms with Gasteiger partial charge in [0.05, 0.1) is 18.2 Å². The first-order chi connectivity index (χ1) is 12.1. The van der Waals surface area contributed by atoms with Crippen molar-refractivity contribution in [3.05, 3.63) is 45.4 Å². The lowest BCUT2D eigenvalue weighted by molar-refractivity contribution is 0.405. The molecule has 1 unspecified atom stereocenters. The van der Waals surface area contributed by atoms with Gasteiger partial charge in [-0.25, -0.2) is 4.98 Å². The van der Waals surface area contributed by atoms with E-state index < -0.39 is 0 Å². The largest absolute Gasteiger partial charge is 0.496 e. The average molecular weight is 488 g/mol. The van der Waals surface area contributed by atoms with E-state index in [0.29, 0.717) is 0 Å². The summed E-state index contributed by atoms with van der Waals surface area (Å²) in [7, 11) is 3.49. The van der Waals surface area contributed by atoms with Crippen LogP contribution in [0.5, 0.6) is 5.75 Å². The zero-order valence-electron chi connectivity index (χ0n) is 16.1. The van der Waals surface area contributed by atoms with E-state index in [1.807, 2.05) is 12.3 Å². The normalized spacial score (nSPS) is 12.3. The van der Waals surface area contributed by atoms with E-state index >= 15 is 0 Å². The molecule has 2 aromatic rings. The molecule has 26 heavy (non-hydrogen) atoms. The molecule has 7 heteroatoms. The second-order valence-electron chi connectivity index (χ2n) is 5.93. The van der Waals surface area contributed by atoms with Gasteiger partial charge < -0.3 is 15.4 Å². The van der Waals surface area contributed by atoms with Gasteiger partial charge in [-0.2, -0.15) is 0 Å². The first kappa shape index (κ1) is 22.7. The number of methoxy groups -OCH3 is 1. The summed E-state index contributed by atoms with van der Waals surface area (Å²) in [6.45, 7) is 7.15. The second-order valence-corrected chi connectivity index (χ2v) is 7.13. The lowest BCUT2D eigenvalue weighted by Crippen LogP contribution is -2.39. The molecule has 2 N–H and O–H groups in total. The molecule has 0 spiro atoms. The van der Waals surface area contributed by atoms with Crippen molar-refractivity contribution in [2.45, 2.75) is 39.7 Å². The van der Waals surface area contributed by atoms with Gasteiger partial charge in [0.15, 0.2) is 5.96 Å². The molecule has 0 radical (unpaired) electrons. The first-order valence-electron chi connectivity index (χ1n) is 8.62. The Morgan fingerprint density at radius 1 is 1.38 bits per heavy atom. The Morgan fingerprint density at radius 3 is 2.77 bits per heavy atom. The summed E-state index contributed by atoms with van der Waals surface area (Å²) in [5.41, 5.74) is 2.33. The van der Waals surface area contributed by atoms with Crippen molar-refractivity contribution in [3.8, 4) is 5.75 Å². The number of hydrogen-bond donors (Lipinski definition) is 2. The van der Waals surface area contributed by atoms with Crippen LogP contribution in [0.1, 0.15) is 40.9 Å². The Balaban J connectivity index is 0.00000338. The standard InChI is InChI=1S/C19H28N4OS.HI/c1-6-15-12-22-18(25-15)9-10-21-19(20-4)23-14(3)16-11-13(2)7-8-17(16)24-5;/h7-8,11-12,14H,6,9-10H2,1-5H3,(H2,20,21,23);1H. The Labute approximate surface area is 177 Å². The predicted octanol–water partition coefficient (Wildman–Crippen LogP) is 4.11. The molecule has 1 aromatic carbocycles. The van der Waals surface area contributed by atoms with E-state index in [1.165, 1.54) is 10.4 Å². The van der Waals surface area contributed by atoms with Crippen molar-refractivity contribution in [1.82, 2.24) is 15.6 Å². The topological polar surface area (TPSA) is 58.5 Å². The molecule has 0 aliphatic carbocycles. The number of halogens is 1. The number of hydrogen-bond acceptors (Lipinski definition) is 4. The average Bonchev–Trinajstić information content (AvgIpc) is 3.08. The summed E-state index contributed by atoms with van der Waals surface area (Å²) in [6.07, 6.45) is 3.91. The monoisotopic (exact) mass is 488 g/mol. The summed E-state index contributed by atoms with van der Waals surface area (Å²) in [6, 6.07) is 6.30. The van der Waals surface area contributed by atoms with Crippen LogP contribution in [-0.4, -0.2) is 31.6 Å². The van der Waals surface area contributed by atoms with Crippen LogP contribution >= 0.6 is 35.3 Å². The van der Waals surface area contributed by atoms with E-state index in [2.05, 4.69) is 53.5 Å². The van der Waals surface area contributed by atoms with Crippen molar-refractivity contribution in [1.29, 1.82) is 0 Å². The van der Waals surface area contributed by atoms with Crippen LogP contribution in [0.2, 0.25) is 0 Å². The third-order valence-electron chi connectivity index (χ3n) is 4.01. The van der Waals surface area contributed by atoms with Gasteiger partial charge in [-0.3, -0.25) is 4.99 Å². The number of nitrogens with one attached hydrogen (secondary N) is 2. The molecule has 1 heterocycles. The predicted molar refractivity (Wildman–Crippen MR) is 121 cm³/mol. The minimum atomic E-state index is 0. The number of ether oxygens (including phenoxy) is 1. The molecule has 5 nitrogen and oxygen atoms in total. The first-order valence-corrected chi connectivity index (χ1v) is 9.44. The number of benzene rings is 1. The molecule has 0 aliphatic rings. The number of aryl methyl sites for hydroxylation is 2. The number of aliphatic imine (C=N–C) groups is 1. The van der Waals surface area contributed by atoms with E-state index in [1.54, 1.807) is 25.5 Å². The maximum Gasteiger partial charge on any atom is 0.191 e. The van der Waals surface area contributed by atoms with Gasteiger partial charge in [0, 0.05) is 36.7 Å². The van der Waals surface area contributed by atoms with Crippen LogP contribution in [0.15, 0.2) is 29.4 Å². The fraction of sp³-hybridized carbons (Fsp3) is 0.474. The zero-order valence-corrected chi connectivity index (χ0v) is 19.3. The zero-order chi connectivity index (χ0) is 18.2. The molecule has 2 rings (SSSR count). The van der Waals surface area contributed by atoms with Crippen molar-refractivity contribution in [3.63, 3.8) is 0 Å². The van der Waals surface area contributed by atoms with E-state index in [9.17, 15) is 0 Å². The summed E-state index contributed by atoms with van der Waals surface area (Å²) < 4.78 is 5.48. The molecule has 0 saturated carbocycles. The van der Waals surface area contributed by atoms with Gasteiger partial charge in [-0.05, 0) is 26.3 Å². The Bertz CT molecular complexity index is 717. The fourth-order valence-corrected chi connectivity index (χ4v) is 3.45. The highest BCUT2D eigenvalue weighted by molar-refractivity contribution is 14.0. The number of nitrogens with zero attached hydrogens (tertiary/aromatic N) is 2. The minimum absolute atomic E-state index is 0. The van der Waals surface area contributed by atoms with E-state index in [4.69, 9.17) is 4.74 Å². The SMILES string of the molecule is CCc1cnc(CCNC(=NC)NC(C)c2cc(C)ccc2OC)s1.I. The lowest BCUT2D eigenvalue weighted by Gasteiger charge is -2.20. The van der Waals surface area contributed by atoms with Gasteiger partial charge in [-0.1, -0.05) is 24.6 Å². The molecule has 0 aliphatic heterocycles. The van der Waals surface area contributed by atoms with Crippen molar-refractivity contribution in [2.24, 2.45) is 4.99 Å². The van der Waals surface area contributed by atoms with Crippen molar-refractivity contribution >= 4 is 41.3 Å². The maximum atomic E-state index is 5.48. The number of rotatable bonds is 7. The van der Waals surface area contributed by atoms with Crippen LogP contribution in [0.3, 0.4) is 0 Å². The Hall–Kier alpha value is -1.35. The maximum absolute atomic E-state index is 5.48. The highest BCUT2D eigenvalue weighted by atomic mass is 127. The van der Waals surface area contributed by atoms with E-state index in [-0.39, 0.29) is 30.0 Å². The summed E-state index contributed by atoms with van der Waals surface area (Å²) in [4.78, 5) is 10.1. The molecule has 1 atom stereocenters. The van der Waals surface area contributed by atoms with Crippen LogP contribution in [0.4, 0.5) is 0 Å². The number of thiazole rings is 1. The smallest absolute Gasteiger partial charge is 0.191 e. The minimum Gasteiger partial charge on any atom is -0.496 e. The van der Waals surface area contributed by atoms with Crippen LogP contribution < -0.4 is 15.4 Å². The summed E-state index contributed by atoms with van der Waals surface area (Å²) in [5.74, 6) is 1.67. The second kappa shape index (κ2) is 11.4. The summed E-state index contributed by atoms with van der Waals surface area (Å²) in [5, 5.41) is 7.95. The van der Waals surface area contributed by atoms with E-state index in [0.717, 1.165) is 41.7 Å². The van der Waals surface area contributed by atoms with Gasteiger partial charge in [0.25, 0.3) is 0 Å². The summed E-state index contributed by atoms with van der Waals surface area (Å²) >= 11 is 1.78. The molecule has 144 valence electrons. The Kier molecular flexibility index (Phi) is 9.93. The molecule has 0 saturated heterocycles. The van der Waals surface area contributed by atoms with Crippen molar-refractivity contribution in [2.75, 3.05) is 20.7 Å².